The van der Waals surface area contributed by atoms with Gasteiger partial charge in [-0.2, -0.15) is 0 Å². The van der Waals surface area contributed by atoms with Crippen molar-refractivity contribution in [3.8, 4) is 0 Å². The second kappa shape index (κ2) is 6.26. The molecule has 0 aliphatic heterocycles. The number of benzene rings is 1. The summed E-state index contributed by atoms with van der Waals surface area (Å²) < 4.78 is 5.09. The number of furan rings is 1. The van der Waals surface area contributed by atoms with Gasteiger partial charge in [0.1, 0.15) is 0 Å². The number of aryl methyl sites for hydroxylation is 1. The van der Waals surface area contributed by atoms with Crippen LogP contribution >= 0.6 is 0 Å². The van der Waals surface area contributed by atoms with Crippen LogP contribution in [0.25, 0.3) is 0 Å². The molecule has 0 spiro atoms. The Labute approximate surface area is 103 Å². The van der Waals surface area contributed by atoms with Crippen molar-refractivity contribution >= 4 is 0 Å². The Hall–Kier alpha value is -1.54. The summed E-state index contributed by atoms with van der Waals surface area (Å²) in [6, 6.07) is 13.2. The van der Waals surface area contributed by atoms with Crippen LogP contribution in [-0.4, -0.2) is 13.1 Å². The number of rotatable bonds is 6. The van der Waals surface area contributed by atoms with Gasteiger partial charge < -0.3 is 9.73 Å². The SMILES string of the molecule is CNC(CCc1ccccc1)Cc1ccoc1. The Morgan fingerprint density at radius 1 is 1.12 bits per heavy atom. The summed E-state index contributed by atoms with van der Waals surface area (Å²) in [6.45, 7) is 0. The van der Waals surface area contributed by atoms with Gasteiger partial charge in [0.2, 0.25) is 0 Å². The van der Waals surface area contributed by atoms with Gasteiger partial charge in [-0.25, -0.2) is 0 Å². The van der Waals surface area contributed by atoms with Gasteiger partial charge in [-0.05, 0) is 43.5 Å². The van der Waals surface area contributed by atoms with Crippen LogP contribution < -0.4 is 5.32 Å². The Bertz CT molecular complexity index is 408. The maximum absolute atomic E-state index is 5.09. The van der Waals surface area contributed by atoms with Gasteiger partial charge in [0.05, 0.1) is 12.5 Å². The van der Waals surface area contributed by atoms with Crippen molar-refractivity contribution in [2.75, 3.05) is 7.05 Å². The highest BCUT2D eigenvalue weighted by Gasteiger charge is 2.08. The van der Waals surface area contributed by atoms with E-state index in [0.717, 1.165) is 19.3 Å². The predicted molar refractivity (Wildman–Crippen MR) is 70.0 cm³/mol. The molecule has 2 heteroatoms. The van der Waals surface area contributed by atoms with Crippen LogP contribution in [0.3, 0.4) is 0 Å². The van der Waals surface area contributed by atoms with Crippen molar-refractivity contribution in [1.29, 1.82) is 0 Å². The summed E-state index contributed by atoms with van der Waals surface area (Å²) in [4.78, 5) is 0. The minimum Gasteiger partial charge on any atom is -0.472 e. The van der Waals surface area contributed by atoms with Crippen LogP contribution in [0.15, 0.2) is 53.3 Å². The number of hydrogen-bond acceptors (Lipinski definition) is 2. The summed E-state index contributed by atoms with van der Waals surface area (Å²) >= 11 is 0. The van der Waals surface area contributed by atoms with Gasteiger partial charge in [-0.1, -0.05) is 30.3 Å². The monoisotopic (exact) mass is 229 g/mol. The first-order valence-corrected chi connectivity index (χ1v) is 6.11. The molecule has 0 radical (unpaired) electrons. The van der Waals surface area contributed by atoms with E-state index in [9.17, 15) is 0 Å². The Morgan fingerprint density at radius 2 is 1.94 bits per heavy atom. The van der Waals surface area contributed by atoms with Crippen molar-refractivity contribution in [3.05, 3.63) is 60.1 Å². The molecule has 1 aromatic heterocycles. The minimum absolute atomic E-state index is 0.507. The van der Waals surface area contributed by atoms with Gasteiger partial charge in [0.15, 0.2) is 0 Å². The molecule has 17 heavy (non-hydrogen) atoms. The zero-order chi connectivity index (χ0) is 11.9. The van der Waals surface area contributed by atoms with Gasteiger partial charge in [-0.15, -0.1) is 0 Å². The molecule has 0 aliphatic rings. The summed E-state index contributed by atoms with van der Waals surface area (Å²) in [5, 5.41) is 3.37. The number of hydrogen-bond donors (Lipinski definition) is 1. The van der Waals surface area contributed by atoms with E-state index in [-0.39, 0.29) is 0 Å². The molecule has 0 saturated heterocycles. The standard InChI is InChI=1S/C15H19NO/c1-16-15(11-14-9-10-17-12-14)8-7-13-5-3-2-4-6-13/h2-6,9-10,12,15-16H,7-8,11H2,1H3. The normalized spacial score (nSPS) is 12.5. The van der Waals surface area contributed by atoms with Crippen molar-refractivity contribution in [2.45, 2.75) is 25.3 Å². The van der Waals surface area contributed by atoms with Crippen molar-refractivity contribution in [1.82, 2.24) is 5.32 Å². The molecule has 0 saturated carbocycles. The molecule has 0 amide bonds. The molecule has 0 bridgehead atoms. The Balaban J connectivity index is 1.84. The highest BCUT2D eigenvalue weighted by atomic mass is 16.3. The molecule has 0 fully saturated rings. The molecule has 1 atom stereocenters. The van der Waals surface area contributed by atoms with Crippen molar-refractivity contribution in [3.63, 3.8) is 0 Å². The first-order valence-electron chi connectivity index (χ1n) is 6.11. The van der Waals surface area contributed by atoms with E-state index in [0.29, 0.717) is 6.04 Å². The molecular weight excluding hydrogens is 210 g/mol. The van der Waals surface area contributed by atoms with Crippen LogP contribution in [0.2, 0.25) is 0 Å². The Morgan fingerprint density at radius 3 is 2.59 bits per heavy atom. The maximum Gasteiger partial charge on any atom is 0.0935 e. The topological polar surface area (TPSA) is 25.2 Å². The van der Waals surface area contributed by atoms with Crippen LogP contribution in [0.4, 0.5) is 0 Å². The third-order valence-corrected chi connectivity index (χ3v) is 3.09. The fourth-order valence-electron chi connectivity index (χ4n) is 2.03. The van der Waals surface area contributed by atoms with Gasteiger partial charge in [0.25, 0.3) is 0 Å². The van der Waals surface area contributed by atoms with Crippen molar-refractivity contribution in [2.24, 2.45) is 0 Å². The second-order valence-electron chi connectivity index (χ2n) is 4.35. The lowest BCUT2D eigenvalue weighted by molar-refractivity contribution is 0.512. The first kappa shape index (κ1) is 11.9. The lowest BCUT2D eigenvalue weighted by atomic mass is 10.0. The molecule has 1 unspecified atom stereocenters. The fraction of sp³-hybridized carbons (Fsp3) is 0.333. The summed E-state index contributed by atoms with van der Waals surface area (Å²) in [6.07, 6.45) is 6.85. The van der Waals surface area contributed by atoms with Crippen LogP contribution in [0.5, 0.6) is 0 Å². The molecule has 1 aromatic carbocycles. The molecule has 1 N–H and O–H groups in total. The van der Waals surface area contributed by atoms with E-state index >= 15 is 0 Å². The number of likely N-dealkylation sites (N-methyl/N-ethyl adjacent to an activating group) is 1. The van der Waals surface area contributed by atoms with Crippen LogP contribution in [0, 0.1) is 0 Å². The van der Waals surface area contributed by atoms with Gasteiger partial charge >= 0.3 is 0 Å². The average molecular weight is 229 g/mol. The second-order valence-corrected chi connectivity index (χ2v) is 4.35. The summed E-state index contributed by atoms with van der Waals surface area (Å²) in [5.74, 6) is 0. The maximum atomic E-state index is 5.09. The average Bonchev–Trinajstić information content (AvgIpc) is 2.88. The number of nitrogens with one attached hydrogen (secondary N) is 1. The van der Waals surface area contributed by atoms with E-state index in [4.69, 9.17) is 4.42 Å². The van der Waals surface area contributed by atoms with Gasteiger partial charge in [0, 0.05) is 6.04 Å². The van der Waals surface area contributed by atoms with E-state index < -0.39 is 0 Å². The predicted octanol–water partition coefficient (Wildman–Crippen LogP) is 3.04. The lowest BCUT2D eigenvalue weighted by Gasteiger charge is -2.15. The van der Waals surface area contributed by atoms with E-state index in [1.54, 1.807) is 6.26 Å². The Kier molecular flexibility index (Phi) is 4.39. The molecule has 2 rings (SSSR count). The highest BCUT2D eigenvalue weighted by molar-refractivity contribution is 5.15. The molecular formula is C15H19NO. The molecule has 2 nitrogen and oxygen atoms in total. The largest absolute Gasteiger partial charge is 0.472 e. The minimum atomic E-state index is 0.507. The zero-order valence-corrected chi connectivity index (χ0v) is 10.2. The molecule has 1 heterocycles. The lowest BCUT2D eigenvalue weighted by Crippen LogP contribution is -2.27. The highest BCUT2D eigenvalue weighted by Crippen LogP contribution is 2.10. The first-order chi connectivity index (χ1) is 8.38. The zero-order valence-electron chi connectivity index (χ0n) is 10.2. The molecule has 0 aliphatic carbocycles. The summed E-state index contributed by atoms with van der Waals surface area (Å²) in [7, 11) is 2.02. The van der Waals surface area contributed by atoms with E-state index in [1.807, 2.05) is 19.4 Å². The summed E-state index contributed by atoms with van der Waals surface area (Å²) in [5.41, 5.74) is 2.66. The third kappa shape index (κ3) is 3.75. The van der Waals surface area contributed by atoms with E-state index in [2.05, 4.69) is 35.6 Å². The quantitative estimate of drug-likeness (QED) is 0.823. The smallest absolute Gasteiger partial charge is 0.0935 e. The van der Waals surface area contributed by atoms with Crippen LogP contribution in [-0.2, 0) is 12.8 Å². The third-order valence-electron chi connectivity index (χ3n) is 3.09. The van der Waals surface area contributed by atoms with Crippen LogP contribution in [0.1, 0.15) is 17.5 Å². The fourth-order valence-corrected chi connectivity index (χ4v) is 2.03. The molecule has 90 valence electrons. The van der Waals surface area contributed by atoms with Gasteiger partial charge in [-0.3, -0.25) is 0 Å². The van der Waals surface area contributed by atoms with E-state index in [1.165, 1.54) is 11.1 Å². The molecule has 2 aromatic rings. The van der Waals surface area contributed by atoms with Crippen molar-refractivity contribution < 1.29 is 4.42 Å².